The van der Waals surface area contributed by atoms with Crippen molar-refractivity contribution in [2.45, 2.75) is 17.6 Å². The lowest BCUT2D eigenvalue weighted by Gasteiger charge is -2.14. The van der Waals surface area contributed by atoms with Crippen LogP contribution in [-0.2, 0) is 10.5 Å². The molecule has 0 aromatic heterocycles. The number of esters is 1. The quantitative estimate of drug-likeness (QED) is 0.368. The number of nitrogens with one attached hydrogen (secondary N) is 1. The van der Waals surface area contributed by atoms with Crippen LogP contribution in [0.15, 0.2) is 65.6 Å². The molecule has 0 saturated carbocycles. The highest BCUT2D eigenvalue weighted by atomic mass is 32.2. The van der Waals surface area contributed by atoms with Crippen LogP contribution in [0.1, 0.15) is 31.8 Å². The molecule has 0 saturated heterocycles. The van der Waals surface area contributed by atoms with Crippen LogP contribution in [0, 0.1) is 6.92 Å². The van der Waals surface area contributed by atoms with E-state index in [9.17, 15) is 9.59 Å². The van der Waals surface area contributed by atoms with Crippen molar-refractivity contribution in [2.75, 3.05) is 26.6 Å². The van der Waals surface area contributed by atoms with Gasteiger partial charge in [0.25, 0.3) is 5.91 Å². The normalized spacial score (nSPS) is 10.4. The molecule has 0 radical (unpaired) electrons. The molecule has 0 atom stereocenters. The first-order valence-electron chi connectivity index (χ1n) is 9.89. The number of hydrogen-bond acceptors (Lipinski definition) is 6. The van der Waals surface area contributed by atoms with Crippen molar-refractivity contribution in [2.24, 2.45) is 0 Å². The highest BCUT2D eigenvalue weighted by Crippen LogP contribution is 2.34. The Balaban J connectivity index is 1.73. The van der Waals surface area contributed by atoms with Crippen molar-refractivity contribution < 1.29 is 23.8 Å². The Morgan fingerprint density at radius 3 is 2.09 bits per heavy atom. The average Bonchev–Trinajstić information content (AvgIpc) is 2.83. The summed E-state index contributed by atoms with van der Waals surface area (Å²) >= 11 is 1.74. The standard InChI is InChI=1S/C25H25NO5S/c1-16-5-11-19(12-6-16)32-15-17-7-9-18(10-8-17)24(27)26-21-14-23(30-3)22(29-2)13-20(21)25(28)31-4/h5-14H,15H2,1-4H3,(H,26,27). The number of benzene rings is 3. The second-order valence-electron chi connectivity index (χ2n) is 7.00. The highest BCUT2D eigenvalue weighted by Gasteiger charge is 2.19. The van der Waals surface area contributed by atoms with Crippen LogP contribution in [0.2, 0.25) is 0 Å². The molecule has 3 aromatic carbocycles. The number of anilines is 1. The molecule has 6 nitrogen and oxygen atoms in total. The molecule has 0 heterocycles. The predicted molar refractivity (Wildman–Crippen MR) is 126 cm³/mol. The lowest BCUT2D eigenvalue weighted by atomic mass is 10.1. The van der Waals surface area contributed by atoms with E-state index in [2.05, 4.69) is 36.5 Å². The maximum absolute atomic E-state index is 12.8. The number of rotatable bonds is 8. The van der Waals surface area contributed by atoms with Crippen molar-refractivity contribution in [3.8, 4) is 11.5 Å². The van der Waals surface area contributed by atoms with Gasteiger partial charge in [-0.15, -0.1) is 11.8 Å². The van der Waals surface area contributed by atoms with Crippen LogP contribution >= 0.6 is 11.8 Å². The second kappa shape index (κ2) is 10.7. The van der Waals surface area contributed by atoms with Crippen molar-refractivity contribution in [1.29, 1.82) is 0 Å². The monoisotopic (exact) mass is 451 g/mol. The largest absolute Gasteiger partial charge is 0.493 e. The molecule has 0 aliphatic carbocycles. The molecule has 0 aliphatic rings. The molecular formula is C25H25NO5S. The summed E-state index contributed by atoms with van der Waals surface area (Å²) in [5.74, 6) is 0.609. The molecule has 0 aliphatic heterocycles. The van der Waals surface area contributed by atoms with Crippen LogP contribution < -0.4 is 14.8 Å². The fraction of sp³-hybridized carbons (Fsp3) is 0.200. The first-order chi connectivity index (χ1) is 15.4. The van der Waals surface area contributed by atoms with Gasteiger partial charge in [-0.05, 0) is 36.8 Å². The van der Waals surface area contributed by atoms with E-state index >= 15 is 0 Å². The first kappa shape index (κ1) is 23.2. The molecular weight excluding hydrogens is 426 g/mol. The maximum atomic E-state index is 12.8. The molecule has 0 bridgehead atoms. The predicted octanol–water partition coefficient (Wildman–Crippen LogP) is 5.34. The zero-order valence-corrected chi connectivity index (χ0v) is 19.2. The first-order valence-corrected chi connectivity index (χ1v) is 10.9. The number of amides is 1. The van der Waals surface area contributed by atoms with Crippen molar-refractivity contribution >= 4 is 29.3 Å². The molecule has 32 heavy (non-hydrogen) atoms. The van der Waals surface area contributed by atoms with Crippen LogP contribution in [0.4, 0.5) is 5.69 Å². The van der Waals surface area contributed by atoms with Gasteiger partial charge >= 0.3 is 5.97 Å². The average molecular weight is 452 g/mol. The summed E-state index contributed by atoms with van der Waals surface area (Å²) in [5, 5.41) is 2.77. The SMILES string of the molecule is COC(=O)c1cc(OC)c(OC)cc1NC(=O)c1ccc(CSc2ccc(C)cc2)cc1. The lowest BCUT2D eigenvalue weighted by molar-refractivity contribution is 0.0601. The van der Waals surface area contributed by atoms with Crippen LogP contribution in [0.3, 0.4) is 0 Å². The molecule has 1 N–H and O–H groups in total. The number of methoxy groups -OCH3 is 3. The van der Waals surface area contributed by atoms with Gasteiger partial charge in [0, 0.05) is 28.3 Å². The minimum atomic E-state index is -0.593. The van der Waals surface area contributed by atoms with E-state index in [1.54, 1.807) is 23.9 Å². The second-order valence-corrected chi connectivity index (χ2v) is 8.05. The molecule has 3 aromatic rings. The van der Waals surface area contributed by atoms with Crippen molar-refractivity contribution in [3.05, 3.63) is 82.9 Å². The Morgan fingerprint density at radius 1 is 0.875 bits per heavy atom. The minimum absolute atomic E-state index is 0.171. The summed E-state index contributed by atoms with van der Waals surface area (Å²) in [4.78, 5) is 26.2. The highest BCUT2D eigenvalue weighted by molar-refractivity contribution is 7.98. The third kappa shape index (κ3) is 5.62. The topological polar surface area (TPSA) is 73.9 Å². The molecule has 0 spiro atoms. The summed E-state index contributed by atoms with van der Waals surface area (Å²) in [5.41, 5.74) is 3.26. The van der Waals surface area contributed by atoms with Gasteiger partial charge in [0.2, 0.25) is 0 Å². The summed E-state index contributed by atoms with van der Waals surface area (Å²) < 4.78 is 15.4. The summed E-state index contributed by atoms with van der Waals surface area (Å²) in [6, 6.07) is 18.8. The zero-order chi connectivity index (χ0) is 23.1. The van der Waals surface area contributed by atoms with Crippen molar-refractivity contribution in [3.63, 3.8) is 0 Å². The molecule has 3 rings (SSSR count). The van der Waals surface area contributed by atoms with Crippen molar-refractivity contribution in [1.82, 2.24) is 0 Å². The van der Waals surface area contributed by atoms with E-state index < -0.39 is 5.97 Å². The Morgan fingerprint density at radius 2 is 1.50 bits per heavy atom. The number of carbonyl (C=O) groups excluding carboxylic acids is 2. The minimum Gasteiger partial charge on any atom is -0.493 e. The number of aryl methyl sites for hydroxylation is 1. The Labute approximate surface area is 191 Å². The molecule has 7 heteroatoms. The molecule has 1 amide bonds. The maximum Gasteiger partial charge on any atom is 0.340 e. The fourth-order valence-electron chi connectivity index (χ4n) is 3.01. The summed E-state index contributed by atoms with van der Waals surface area (Å²) in [6.07, 6.45) is 0. The lowest BCUT2D eigenvalue weighted by Crippen LogP contribution is -2.16. The van der Waals surface area contributed by atoms with E-state index in [0.717, 1.165) is 11.3 Å². The van der Waals surface area contributed by atoms with E-state index in [0.29, 0.717) is 17.1 Å². The Bertz CT molecular complexity index is 1090. The molecule has 0 unspecified atom stereocenters. The zero-order valence-electron chi connectivity index (χ0n) is 18.4. The summed E-state index contributed by atoms with van der Waals surface area (Å²) in [6.45, 7) is 2.06. The third-order valence-corrected chi connectivity index (χ3v) is 5.90. The number of thioether (sulfide) groups is 1. The van der Waals surface area contributed by atoms with Gasteiger partial charge in [-0.3, -0.25) is 4.79 Å². The van der Waals surface area contributed by atoms with Gasteiger partial charge in [0.1, 0.15) is 0 Å². The van der Waals surface area contributed by atoms with Crippen LogP contribution in [0.5, 0.6) is 11.5 Å². The number of ether oxygens (including phenoxy) is 3. The van der Waals surface area contributed by atoms with E-state index in [-0.39, 0.29) is 17.2 Å². The van der Waals surface area contributed by atoms with Crippen LogP contribution in [0.25, 0.3) is 0 Å². The van der Waals surface area contributed by atoms with E-state index in [4.69, 9.17) is 14.2 Å². The van der Waals surface area contributed by atoms with E-state index in [1.807, 2.05) is 12.1 Å². The van der Waals surface area contributed by atoms with E-state index in [1.165, 1.54) is 43.9 Å². The number of carbonyl (C=O) groups is 2. The van der Waals surface area contributed by atoms with Gasteiger partial charge in [0.05, 0.1) is 32.6 Å². The molecule has 0 fully saturated rings. The van der Waals surface area contributed by atoms with Gasteiger partial charge < -0.3 is 19.5 Å². The Hall–Kier alpha value is -3.45. The Kier molecular flexibility index (Phi) is 7.78. The summed E-state index contributed by atoms with van der Waals surface area (Å²) in [7, 11) is 4.22. The van der Waals surface area contributed by atoms with Crippen LogP contribution in [-0.4, -0.2) is 33.2 Å². The third-order valence-electron chi connectivity index (χ3n) is 4.82. The van der Waals surface area contributed by atoms with Gasteiger partial charge in [-0.1, -0.05) is 29.8 Å². The van der Waals surface area contributed by atoms with Gasteiger partial charge in [-0.25, -0.2) is 4.79 Å². The van der Waals surface area contributed by atoms with Gasteiger partial charge in [0.15, 0.2) is 11.5 Å². The smallest absolute Gasteiger partial charge is 0.340 e. The molecule has 166 valence electrons. The number of hydrogen-bond donors (Lipinski definition) is 1. The fourth-order valence-corrected chi connectivity index (χ4v) is 3.86. The van der Waals surface area contributed by atoms with Gasteiger partial charge in [-0.2, -0.15) is 0 Å².